The highest BCUT2D eigenvalue weighted by Crippen LogP contribution is 2.40. The molecule has 2 aliphatic rings. The van der Waals surface area contributed by atoms with Gasteiger partial charge in [0.1, 0.15) is 6.04 Å². The van der Waals surface area contributed by atoms with E-state index in [1.807, 2.05) is 13.8 Å². The first-order valence-corrected chi connectivity index (χ1v) is 9.99. The molecule has 5 atom stereocenters. The van der Waals surface area contributed by atoms with Gasteiger partial charge >= 0.3 is 5.97 Å². The Morgan fingerprint density at radius 1 is 1.19 bits per heavy atom. The lowest BCUT2D eigenvalue weighted by Gasteiger charge is -2.35. The number of carbonyl (C=O) groups excluding carboxylic acids is 2. The number of rotatable bonds is 8. The first kappa shape index (κ1) is 20.7. The minimum Gasteiger partial charge on any atom is -0.480 e. The van der Waals surface area contributed by atoms with Gasteiger partial charge in [-0.3, -0.25) is 14.9 Å². The number of nitrogens with one attached hydrogen (secondary N) is 2. The highest BCUT2D eigenvalue weighted by atomic mass is 16.4. The Hall–Kier alpha value is -1.63. The van der Waals surface area contributed by atoms with E-state index in [0.29, 0.717) is 19.4 Å². The Morgan fingerprint density at radius 3 is 2.50 bits per heavy atom. The van der Waals surface area contributed by atoms with Gasteiger partial charge in [-0.05, 0) is 45.4 Å². The molecule has 26 heavy (non-hydrogen) atoms. The molecule has 5 unspecified atom stereocenters. The van der Waals surface area contributed by atoms with Crippen molar-refractivity contribution in [2.75, 3.05) is 6.54 Å². The summed E-state index contributed by atoms with van der Waals surface area (Å²) in [5.41, 5.74) is 0. The third-order valence-electron chi connectivity index (χ3n) is 5.69. The van der Waals surface area contributed by atoms with E-state index in [4.69, 9.17) is 0 Å². The van der Waals surface area contributed by atoms with E-state index in [0.717, 1.165) is 32.1 Å². The van der Waals surface area contributed by atoms with Crippen LogP contribution in [0.5, 0.6) is 0 Å². The van der Waals surface area contributed by atoms with E-state index in [1.165, 1.54) is 0 Å². The highest BCUT2D eigenvalue weighted by Gasteiger charge is 2.48. The summed E-state index contributed by atoms with van der Waals surface area (Å²) >= 11 is 0. The molecule has 0 aromatic heterocycles. The average molecular weight is 367 g/mol. The maximum absolute atomic E-state index is 13.1. The molecule has 2 rings (SSSR count). The summed E-state index contributed by atoms with van der Waals surface area (Å²) in [5.74, 6) is -0.942. The SMILES string of the molecule is CCCC(NC(C)C(=O)N1C(C(=O)O)CC2CCCCC21)C(=O)NCC. The second-order valence-electron chi connectivity index (χ2n) is 7.57. The predicted molar refractivity (Wildman–Crippen MR) is 98.6 cm³/mol. The van der Waals surface area contributed by atoms with Gasteiger partial charge < -0.3 is 15.3 Å². The Morgan fingerprint density at radius 2 is 1.88 bits per heavy atom. The van der Waals surface area contributed by atoms with Crippen LogP contribution in [0.3, 0.4) is 0 Å². The average Bonchev–Trinajstić information content (AvgIpc) is 3.00. The summed E-state index contributed by atoms with van der Waals surface area (Å²) in [6.45, 7) is 6.13. The van der Waals surface area contributed by atoms with Crippen molar-refractivity contribution in [3.8, 4) is 0 Å². The number of likely N-dealkylation sites (N-methyl/N-ethyl adjacent to an activating group) is 1. The van der Waals surface area contributed by atoms with Gasteiger partial charge in [0.05, 0.1) is 12.1 Å². The van der Waals surface area contributed by atoms with Crippen molar-refractivity contribution in [3.63, 3.8) is 0 Å². The standard InChI is InChI=1S/C19H33N3O4/c1-4-8-14(17(23)20-5-2)21-12(3)18(24)22-15-10-7-6-9-13(15)11-16(22)19(25)26/h12-16,21H,4-11H2,1-3H3,(H,20,23)(H,25,26). The van der Waals surface area contributed by atoms with Gasteiger partial charge in [0.2, 0.25) is 11.8 Å². The number of hydrogen-bond acceptors (Lipinski definition) is 4. The number of carboxylic acid groups (broad SMARTS) is 1. The van der Waals surface area contributed by atoms with Crippen molar-refractivity contribution in [2.24, 2.45) is 5.92 Å². The molecular weight excluding hydrogens is 334 g/mol. The zero-order valence-corrected chi connectivity index (χ0v) is 16.2. The fraction of sp³-hybridized carbons (Fsp3) is 0.842. The predicted octanol–water partition coefficient (Wildman–Crippen LogP) is 1.51. The first-order chi connectivity index (χ1) is 12.4. The van der Waals surface area contributed by atoms with E-state index in [-0.39, 0.29) is 23.8 Å². The van der Waals surface area contributed by atoms with E-state index in [1.54, 1.807) is 11.8 Å². The number of hydrogen-bond donors (Lipinski definition) is 3. The molecule has 7 heteroatoms. The summed E-state index contributed by atoms with van der Waals surface area (Å²) in [7, 11) is 0. The van der Waals surface area contributed by atoms with Gasteiger partial charge in [-0.15, -0.1) is 0 Å². The Balaban J connectivity index is 2.10. The number of likely N-dealkylation sites (tertiary alicyclic amines) is 1. The van der Waals surface area contributed by atoms with E-state index in [9.17, 15) is 19.5 Å². The van der Waals surface area contributed by atoms with E-state index >= 15 is 0 Å². The van der Waals surface area contributed by atoms with Crippen molar-refractivity contribution in [1.29, 1.82) is 0 Å². The third-order valence-corrected chi connectivity index (χ3v) is 5.69. The molecule has 0 aromatic carbocycles. The van der Waals surface area contributed by atoms with Gasteiger partial charge in [-0.25, -0.2) is 4.79 Å². The molecule has 2 fully saturated rings. The summed E-state index contributed by atoms with van der Waals surface area (Å²) in [5, 5.41) is 15.5. The number of carboxylic acids is 1. The van der Waals surface area contributed by atoms with Crippen molar-refractivity contribution >= 4 is 17.8 Å². The normalized spacial score (nSPS) is 27.5. The van der Waals surface area contributed by atoms with Gasteiger partial charge in [0, 0.05) is 12.6 Å². The van der Waals surface area contributed by atoms with Gasteiger partial charge in [-0.1, -0.05) is 26.2 Å². The molecule has 1 aliphatic carbocycles. The molecule has 3 N–H and O–H groups in total. The number of nitrogens with zero attached hydrogens (tertiary/aromatic N) is 1. The van der Waals surface area contributed by atoms with Crippen molar-refractivity contribution < 1.29 is 19.5 Å². The molecule has 0 aromatic rings. The van der Waals surface area contributed by atoms with Crippen molar-refractivity contribution in [3.05, 3.63) is 0 Å². The second kappa shape index (κ2) is 9.35. The summed E-state index contributed by atoms with van der Waals surface area (Å²) in [6.07, 6.45) is 6.03. The van der Waals surface area contributed by atoms with Crippen LogP contribution in [-0.4, -0.2) is 58.5 Å². The molecule has 7 nitrogen and oxygen atoms in total. The molecule has 1 saturated heterocycles. The van der Waals surface area contributed by atoms with Crippen LogP contribution < -0.4 is 10.6 Å². The quantitative estimate of drug-likeness (QED) is 0.604. The number of fused-ring (bicyclic) bond motifs is 1. The Labute approximate surface area is 155 Å². The molecule has 0 spiro atoms. The van der Waals surface area contributed by atoms with Crippen LogP contribution in [0.1, 0.15) is 65.7 Å². The molecule has 1 aliphatic heterocycles. The summed E-state index contributed by atoms with van der Waals surface area (Å²) in [4.78, 5) is 38.6. The van der Waals surface area contributed by atoms with Crippen LogP contribution in [0.2, 0.25) is 0 Å². The van der Waals surface area contributed by atoms with E-state index < -0.39 is 24.1 Å². The van der Waals surface area contributed by atoms with Crippen LogP contribution in [0.4, 0.5) is 0 Å². The minimum atomic E-state index is -0.922. The molecule has 0 radical (unpaired) electrons. The van der Waals surface area contributed by atoms with Crippen molar-refractivity contribution in [1.82, 2.24) is 15.5 Å². The molecule has 148 valence electrons. The molecular formula is C19H33N3O4. The van der Waals surface area contributed by atoms with Crippen molar-refractivity contribution in [2.45, 2.75) is 89.9 Å². The van der Waals surface area contributed by atoms with Gasteiger partial charge in [0.15, 0.2) is 0 Å². The van der Waals surface area contributed by atoms with E-state index in [2.05, 4.69) is 10.6 Å². The maximum atomic E-state index is 13.1. The summed E-state index contributed by atoms with van der Waals surface area (Å²) in [6, 6.07) is -1.74. The lowest BCUT2D eigenvalue weighted by atomic mass is 9.84. The Kier molecular flexibility index (Phi) is 7.43. The molecule has 0 bridgehead atoms. The van der Waals surface area contributed by atoms with Crippen LogP contribution in [-0.2, 0) is 14.4 Å². The summed E-state index contributed by atoms with van der Waals surface area (Å²) < 4.78 is 0. The highest BCUT2D eigenvalue weighted by molar-refractivity contribution is 5.89. The smallest absolute Gasteiger partial charge is 0.326 e. The first-order valence-electron chi connectivity index (χ1n) is 9.99. The molecule has 2 amide bonds. The van der Waals surface area contributed by atoms with Gasteiger partial charge in [0.25, 0.3) is 0 Å². The van der Waals surface area contributed by atoms with Crippen LogP contribution >= 0.6 is 0 Å². The monoisotopic (exact) mass is 367 g/mol. The molecule has 1 heterocycles. The van der Waals surface area contributed by atoms with Crippen LogP contribution in [0.25, 0.3) is 0 Å². The zero-order chi connectivity index (χ0) is 19.3. The van der Waals surface area contributed by atoms with Gasteiger partial charge in [-0.2, -0.15) is 0 Å². The van der Waals surface area contributed by atoms with Crippen LogP contribution in [0.15, 0.2) is 0 Å². The number of aliphatic carboxylic acids is 1. The fourth-order valence-corrected chi connectivity index (χ4v) is 4.47. The zero-order valence-electron chi connectivity index (χ0n) is 16.2. The Bertz CT molecular complexity index is 525. The molecule has 1 saturated carbocycles. The topological polar surface area (TPSA) is 98.7 Å². The lowest BCUT2D eigenvalue weighted by Crippen LogP contribution is -2.56. The second-order valence-corrected chi connectivity index (χ2v) is 7.57. The maximum Gasteiger partial charge on any atom is 0.326 e. The van der Waals surface area contributed by atoms with Crippen LogP contribution in [0, 0.1) is 5.92 Å². The lowest BCUT2D eigenvalue weighted by molar-refractivity contribution is -0.150. The number of amides is 2. The number of carbonyl (C=O) groups is 3. The largest absolute Gasteiger partial charge is 0.480 e. The fourth-order valence-electron chi connectivity index (χ4n) is 4.47. The third kappa shape index (κ3) is 4.55. The minimum absolute atomic E-state index is 0.0238.